The lowest BCUT2D eigenvalue weighted by atomic mass is 10.1. The molecule has 1 saturated carbocycles. The highest BCUT2D eigenvalue weighted by Gasteiger charge is 2.37. The van der Waals surface area contributed by atoms with Gasteiger partial charge in [0, 0.05) is 19.1 Å². The van der Waals surface area contributed by atoms with E-state index in [1.807, 2.05) is 0 Å². The van der Waals surface area contributed by atoms with Crippen molar-refractivity contribution in [3.63, 3.8) is 0 Å². The Morgan fingerprint density at radius 3 is 2.45 bits per heavy atom. The number of alkyl halides is 1. The summed E-state index contributed by atoms with van der Waals surface area (Å²) in [5.74, 6) is 0. The van der Waals surface area contributed by atoms with Gasteiger partial charge in [0.1, 0.15) is 6.17 Å². The minimum atomic E-state index is -0.636. The first-order valence-corrected chi connectivity index (χ1v) is 4.33. The van der Waals surface area contributed by atoms with Gasteiger partial charge in [0.2, 0.25) is 0 Å². The van der Waals surface area contributed by atoms with Gasteiger partial charge in [0.25, 0.3) is 0 Å². The zero-order valence-corrected chi connectivity index (χ0v) is 6.54. The molecular weight excluding hydrogens is 145 g/mol. The number of hydrogen-bond acceptors (Lipinski definition) is 2. The molecule has 2 rings (SSSR count). The van der Waals surface area contributed by atoms with Crippen LogP contribution >= 0.6 is 0 Å². The standard InChI is InChI=1S/C8H14FNO/c9-6-4-10(5-6)7-2-1-3-8(7)11/h6-8,11H,1-5H2/t7-,8-/m1/s1. The molecule has 11 heavy (non-hydrogen) atoms. The Labute approximate surface area is 66.0 Å². The third-order valence-electron chi connectivity index (χ3n) is 2.78. The van der Waals surface area contributed by atoms with Gasteiger partial charge in [0.15, 0.2) is 0 Å². The number of hydrogen-bond donors (Lipinski definition) is 1. The van der Waals surface area contributed by atoms with E-state index in [2.05, 4.69) is 4.90 Å². The first-order valence-electron chi connectivity index (χ1n) is 4.33. The zero-order valence-electron chi connectivity index (χ0n) is 6.54. The summed E-state index contributed by atoms with van der Waals surface area (Å²) in [7, 11) is 0. The smallest absolute Gasteiger partial charge is 0.125 e. The monoisotopic (exact) mass is 159 g/mol. The van der Waals surface area contributed by atoms with E-state index < -0.39 is 6.17 Å². The van der Waals surface area contributed by atoms with E-state index in [9.17, 15) is 9.50 Å². The molecule has 1 saturated heterocycles. The van der Waals surface area contributed by atoms with E-state index in [0.717, 1.165) is 19.3 Å². The van der Waals surface area contributed by atoms with Crippen LogP contribution in [-0.4, -0.2) is 41.4 Å². The second-order valence-corrected chi connectivity index (χ2v) is 3.62. The summed E-state index contributed by atoms with van der Waals surface area (Å²) < 4.78 is 12.4. The molecule has 0 aromatic rings. The Kier molecular flexibility index (Phi) is 1.85. The van der Waals surface area contributed by atoms with Crippen molar-refractivity contribution >= 4 is 0 Å². The maximum Gasteiger partial charge on any atom is 0.125 e. The van der Waals surface area contributed by atoms with Crippen molar-refractivity contribution in [2.75, 3.05) is 13.1 Å². The van der Waals surface area contributed by atoms with E-state index in [0.29, 0.717) is 13.1 Å². The van der Waals surface area contributed by atoms with Gasteiger partial charge < -0.3 is 5.11 Å². The van der Waals surface area contributed by atoms with Gasteiger partial charge in [-0.15, -0.1) is 0 Å². The Hall–Kier alpha value is -0.150. The Morgan fingerprint density at radius 1 is 1.27 bits per heavy atom. The summed E-state index contributed by atoms with van der Waals surface area (Å²) in [6, 6.07) is 0.266. The van der Waals surface area contributed by atoms with Crippen LogP contribution in [0.3, 0.4) is 0 Å². The molecule has 1 aliphatic carbocycles. The van der Waals surface area contributed by atoms with Crippen LogP contribution in [0.15, 0.2) is 0 Å². The molecule has 1 heterocycles. The van der Waals surface area contributed by atoms with E-state index in [-0.39, 0.29) is 12.1 Å². The third-order valence-corrected chi connectivity index (χ3v) is 2.78. The molecule has 0 radical (unpaired) electrons. The fraction of sp³-hybridized carbons (Fsp3) is 1.00. The van der Waals surface area contributed by atoms with E-state index in [4.69, 9.17) is 0 Å². The highest BCUT2D eigenvalue weighted by Crippen LogP contribution is 2.28. The summed E-state index contributed by atoms with van der Waals surface area (Å²) >= 11 is 0. The second kappa shape index (κ2) is 2.72. The summed E-state index contributed by atoms with van der Waals surface area (Å²) in [5, 5.41) is 9.45. The van der Waals surface area contributed by atoms with Crippen LogP contribution in [0.4, 0.5) is 4.39 Å². The van der Waals surface area contributed by atoms with Crippen LogP contribution in [0.25, 0.3) is 0 Å². The predicted molar refractivity (Wildman–Crippen MR) is 40.1 cm³/mol. The molecule has 1 aliphatic heterocycles. The van der Waals surface area contributed by atoms with Crippen LogP contribution in [0.5, 0.6) is 0 Å². The van der Waals surface area contributed by atoms with Gasteiger partial charge >= 0.3 is 0 Å². The van der Waals surface area contributed by atoms with Crippen molar-refractivity contribution < 1.29 is 9.50 Å². The molecule has 0 bridgehead atoms. The van der Waals surface area contributed by atoms with Crippen molar-refractivity contribution in [1.29, 1.82) is 0 Å². The molecule has 0 aromatic heterocycles. The summed E-state index contributed by atoms with van der Waals surface area (Å²) in [6.45, 7) is 1.09. The topological polar surface area (TPSA) is 23.5 Å². The SMILES string of the molecule is O[C@@H]1CCC[C@H]1N1CC(F)C1. The average Bonchev–Trinajstić information content (AvgIpc) is 2.29. The van der Waals surface area contributed by atoms with Gasteiger partial charge in [-0.25, -0.2) is 4.39 Å². The molecule has 0 unspecified atom stereocenters. The highest BCUT2D eigenvalue weighted by atomic mass is 19.1. The Balaban J connectivity index is 1.85. The van der Waals surface area contributed by atoms with Crippen LogP contribution < -0.4 is 0 Å². The van der Waals surface area contributed by atoms with E-state index >= 15 is 0 Å². The molecule has 1 N–H and O–H groups in total. The van der Waals surface area contributed by atoms with Crippen molar-refractivity contribution in [2.45, 2.75) is 37.6 Å². The van der Waals surface area contributed by atoms with Gasteiger partial charge in [0.05, 0.1) is 6.10 Å². The van der Waals surface area contributed by atoms with Crippen molar-refractivity contribution in [2.24, 2.45) is 0 Å². The number of halogens is 1. The van der Waals surface area contributed by atoms with Gasteiger partial charge in [-0.1, -0.05) is 0 Å². The molecule has 2 atom stereocenters. The molecule has 3 heteroatoms. The summed E-state index contributed by atoms with van der Waals surface area (Å²) in [4.78, 5) is 2.06. The highest BCUT2D eigenvalue weighted by molar-refractivity contribution is 4.92. The molecule has 0 amide bonds. The molecule has 2 fully saturated rings. The predicted octanol–water partition coefficient (Wildman–Crippen LogP) is 0.554. The maximum atomic E-state index is 12.4. The van der Waals surface area contributed by atoms with Crippen molar-refractivity contribution in [3.8, 4) is 0 Å². The average molecular weight is 159 g/mol. The summed E-state index contributed by atoms with van der Waals surface area (Å²) in [6.07, 6.45) is 2.22. The van der Waals surface area contributed by atoms with Crippen molar-refractivity contribution in [3.05, 3.63) is 0 Å². The molecular formula is C8H14FNO. The number of aliphatic hydroxyl groups is 1. The normalized spacial score (nSPS) is 40.9. The second-order valence-electron chi connectivity index (χ2n) is 3.62. The largest absolute Gasteiger partial charge is 0.391 e. The Morgan fingerprint density at radius 2 is 2.00 bits per heavy atom. The van der Waals surface area contributed by atoms with Gasteiger partial charge in [-0.2, -0.15) is 0 Å². The number of likely N-dealkylation sites (tertiary alicyclic amines) is 1. The van der Waals surface area contributed by atoms with Crippen molar-refractivity contribution in [1.82, 2.24) is 4.90 Å². The number of aliphatic hydroxyl groups excluding tert-OH is 1. The lowest BCUT2D eigenvalue weighted by Gasteiger charge is -2.40. The maximum absolute atomic E-state index is 12.4. The molecule has 0 spiro atoms. The van der Waals surface area contributed by atoms with Crippen LogP contribution in [0, 0.1) is 0 Å². The van der Waals surface area contributed by atoms with E-state index in [1.165, 1.54) is 0 Å². The number of rotatable bonds is 1. The fourth-order valence-electron chi connectivity index (χ4n) is 2.07. The minimum absolute atomic E-state index is 0.192. The molecule has 2 aliphatic rings. The minimum Gasteiger partial charge on any atom is -0.391 e. The zero-order chi connectivity index (χ0) is 7.84. The van der Waals surface area contributed by atoms with Crippen LogP contribution in [0.1, 0.15) is 19.3 Å². The molecule has 64 valence electrons. The Bertz CT molecular complexity index is 147. The summed E-state index contributed by atoms with van der Waals surface area (Å²) in [5.41, 5.74) is 0. The van der Waals surface area contributed by atoms with E-state index in [1.54, 1.807) is 0 Å². The first-order chi connectivity index (χ1) is 5.27. The third kappa shape index (κ3) is 1.27. The molecule has 2 nitrogen and oxygen atoms in total. The van der Waals surface area contributed by atoms with Gasteiger partial charge in [-0.05, 0) is 19.3 Å². The fourth-order valence-corrected chi connectivity index (χ4v) is 2.07. The van der Waals surface area contributed by atoms with Crippen LogP contribution in [0.2, 0.25) is 0 Å². The quantitative estimate of drug-likeness (QED) is 0.604. The first kappa shape index (κ1) is 7.50. The lowest BCUT2D eigenvalue weighted by molar-refractivity contribution is -0.0147. The molecule has 0 aromatic carbocycles. The van der Waals surface area contributed by atoms with Crippen LogP contribution in [-0.2, 0) is 0 Å². The van der Waals surface area contributed by atoms with Gasteiger partial charge in [-0.3, -0.25) is 4.90 Å². The number of nitrogens with zero attached hydrogens (tertiary/aromatic N) is 1. The lowest BCUT2D eigenvalue weighted by Crippen LogP contribution is -2.55.